The van der Waals surface area contributed by atoms with Crippen LogP contribution in [0.4, 0.5) is 0 Å². The fourth-order valence-electron chi connectivity index (χ4n) is 2.89. The Balaban J connectivity index is 2.27. The Bertz CT molecular complexity index is 258. The standard InChI is InChI=1S/C15H30N2O/c1-15(2,3)12-6-5-7-13(9-8-12)17-11-10-14(18)16-4/h12-13,17H,5-11H2,1-4H3,(H,16,18). The van der Waals surface area contributed by atoms with Gasteiger partial charge in [0.05, 0.1) is 0 Å². The van der Waals surface area contributed by atoms with Gasteiger partial charge in [0.15, 0.2) is 0 Å². The Morgan fingerprint density at radius 2 is 1.89 bits per heavy atom. The van der Waals surface area contributed by atoms with E-state index in [0.29, 0.717) is 17.9 Å². The first-order valence-corrected chi connectivity index (χ1v) is 7.37. The van der Waals surface area contributed by atoms with Crippen molar-refractivity contribution in [3.8, 4) is 0 Å². The largest absolute Gasteiger partial charge is 0.359 e. The minimum Gasteiger partial charge on any atom is -0.359 e. The van der Waals surface area contributed by atoms with Crippen LogP contribution in [0.3, 0.4) is 0 Å². The summed E-state index contributed by atoms with van der Waals surface area (Å²) in [6.45, 7) is 7.88. The zero-order chi connectivity index (χ0) is 13.6. The number of carbonyl (C=O) groups excluding carboxylic acids is 1. The number of amides is 1. The Morgan fingerprint density at radius 3 is 2.50 bits per heavy atom. The molecule has 0 aromatic carbocycles. The molecule has 1 fully saturated rings. The summed E-state index contributed by atoms with van der Waals surface area (Å²) in [5.74, 6) is 0.979. The Kier molecular flexibility index (Phi) is 6.13. The van der Waals surface area contributed by atoms with Crippen molar-refractivity contribution in [2.75, 3.05) is 13.6 Å². The molecule has 18 heavy (non-hydrogen) atoms. The van der Waals surface area contributed by atoms with Crippen LogP contribution in [0.25, 0.3) is 0 Å². The van der Waals surface area contributed by atoms with E-state index in [0.717, 1.165) is 12.5 Å². The van der Waals surface area contributed by atoms with Gasteiger partial charge in [0.25, 0.3) is 0 Å². The van der Waals surface area contributed by atoms with Gasteiger partial charge in [-0.25, -0.2) is 0 Å². The van der Waals surface area contributed by atoms with Crippen molar-refractivity contribution < 1.29 is 4.79 Å². The highest BCUT2D eigenvalue weighted by Crippen LogP contribution is 2.36. The van der Waals surface area contributed by atoms with Crippen LogP contribution in [0.15, 0.2) is 0 Å². The van der Waals surface area contributed by atoms with E-state index in [-0.39, 0.29) is 5.91 Å². The van der Waals surface area contributed by atoms with Gasteiger partial charge in [-0.2, -0.15) is 0 Å². The van der Waals surface area contributed by atoms with Crippen molar-refractivity contribution in [1.29, 1.82) is 0 Å². The topological polar surface area (TPSA) is 41.1 Å². The minimum atomic E-state index is 0.128. The predicted molar refractivity (Wildman–Crippen MR) is 76.5 cm³/mol. The zero-order valence-corrected chi connectivity index (χ0v) is 12.5. The monoisotopic (exact) mass is 254 g/mol. The number of nitrogens with one attached hydrogen (secondary N) is 2. The van der Waals surface area contributed by atoms with Crippen LogP contribution < -0.4 is 10.6 Å². The molecule has 1 rings (SSSR count). The summed E-state index contributed by atoms with van der Waals surface area (Å²) >= 11 is 0. The SMILES string of the molecule is CNC(=O)CCNC1CCCC(C(C)(C)C)CC1. The molecule has 1 amide bonds. The molecule has 0 spiro atoms. The second kappa shape index (κ2) is 7.13. The molecule has 0 aromatic rings. The normalized spacial score (nSPS) is 25.6. The quantitative estimate of drug-likeness (QED) is 0.757. The van der Waals surface area contributed by atoms with Crippen LogP contribution in [0, 0.1) is 11.3 Å². The van der Waals surface area contributed by atoms with Gasteiger partial charge in [0, 0.05) is 26.1 Å². The fraction of sp³-hybridized carbons (Fsp3) is 0.933. The van der Waals surface area contributed by atoms with Gasteiger partial charge >= 0.3 is 0 Å². The van der Waals surface area contributed by atoms with Gasteiger partial charge in [-0.1, -0.05) is 27.2 Å². The van der Waals surface area contributed by atoms with E-state index < -0.39 is 0 Å². The molecule has 2 atom stereocenters. The highest BCUT2D eigenvalue weighted by molar-refractivity contribution is 5.75. The second-order valence-corrected chi connectivity index (χ2v) is 6.65. The van der Waals surface area contributed by atoms with Crippen LogP contribution in [-0.2, 0) is 4.79 Å². The van der Waals surface area contributed by atoms with Gasteiger partial charge in [-0.05, 0) is 37.0 Å². The van der Waals surface area contributed by atoms with Crippen molar-refractivity contribution in [1.82, 2.24) is 10.6 Å². The Labute approximate surface area is 112 Å². The van der Waals surface area contributed by atoms with E-state index in [4.69, 9.17) is 0 Å². The van der Waals surface area contributed by atoms with Gasteiger partial charge in [-0.3, -0.25) is 4.79 Å². The maximum atomic E-state index is 11.2. The molecule has 1 aliphatic carbocycles. The minimum absolute atomic E-state index is 0.128. The highest BCUT2D eigenvalue weighted by atomic mass is 16.1. The van der Waals surface area contributed by atoms with Gasteiger partial charge < -0.3 is 10.6 Å². The molecule has 2 unspecified atom stereocenters. The maximum Gasteiger partial charge on any atom is 0.221 e. The van der Waals surface area contributed by atoms with Crippen LogP contribution in [0.1, 0.15) is 59.3 Å². The summed E-state index contributed by atoms with van der Waals surface area (Å²) in [6.07, 6.45) is 7.11. The van der Waals surface area contributed by atoms with Gasteiger partial charge in [0.1, 0.15) is 0 Å². The first-order valence-electron chi connectivity index (χ1n) is 7.37. The molecule has 3 nitrogen and oxygen atoms in total. The van der Waals surface area contributed by atoms with Crippen molar-refractivity contribution in [2.24, 2.45) is 11.3 Å². The molecule has 1 saturated carbocycles. The predicted octanol–water partition coefficient (Wildman–Crippen LogP) is 2.71. The molecule has 1 aliphatic rings. The van der Waals surface area contributed by atoms with E-state index >= 15 is 0 Å². The second-order valence-electron chi connectivity index (χ2n) is 6.65. The average molecular weight is 254 g/mol. The first-order chi connectivity index (χ1) is 8.43. The summed E-state index contributed by atoms with van der Waals surface area (Å²) in [5, 5.41) is 6.20. The molecule has 0 radical (unpaired) electrons. The molecular formula is C15H30N2O. The maximum absolute atomic E-state index is 11.2. The number of carbonyl (C=O) groups is 1. The molecule has 0 saturated heterocycles. The van der Waals surface area contributed by atoms with E-state index in [1.807, 2.05) is 0 Å². The lowest BCUT2D eigenvalue weighted by Crippen LogP contribution is -2.32. The summed E-state index contributed by atoms with van der Waals surface area (Å²) in [4.78, 5) is 11.2. The number of hydrogen-bond donors (Lipinski definition) is 2. The van der Waals surface area contributed by atoms with Crippen LogP contribution in [0.5, 0.6) is 0 Å². The molecule has 0 bridgehead atoms. The fourth-order valence-corrected chi connectivity index (χ4v) is 2.89. The molecular weight excluding hydrogens is 224 g/mol. The van der Waals surface area contributed by atoms with E-state index in [1.165, 1.54) is 32.1 Å². The van der Waals surface area contributed by atoms with Crippen molar-refractivity contribution in [2.45, 2.75) is 65.3 Å². The lowest BCUT2D eigenvalue weighted by molar-refractivity contribution is -0.120. The van der Waals surface area contributed by atoms with Crippen molar-refractivity contribution in [3.63, 3.8) is 0 Å². The van der Waals surface area contributed by atoms with Gasteiger partial charge in [0.2, 0.25) is 5.91 Å². The summed E-state index contributed by atoms with van der Waals surface area (Å²) in [6, 6.07) is 0.613. The lowest BCUT2D eigenvalue weighted by Gasteiger charge is -2.29. The molecule has 3 heteroatoms. The molecule has 2 N–H and O–H groups in total. The molecule has 106 valence electrons. The number of hydrogen-bond acceptors (Lipinski definition) is 2. The van der Waals surface area contributed by atoms with Crippen LogP contribution >= 0.6 is 0 Å². The lowest BCUT2D eigenvalue weighted by atomic mass is 9.76. The van der Waals surface area contributed by atoms with Crippen LogP contribution in [0.2, 0.25) is 0 Å². The third-order valence-corrected chi connectivity index (χ3v) is 4.26. The number of rotatable bonds is 4. The van der Waals surface area contributed by atoms with Gasteiger partial charge in [-0.15, -0.1) is 0 Å². The highest BCUT2D eigenvalue weighted by Gasteiger charge is 2.27. The smallest absolute Gasteiger partial charge is 0.221 e. The molecule has 0 heterocycles. The summed E-state index contributed by atoms with van der Waals surface area (Å²) < 4.78 is 0. The Hall–Kier alpha value is -0.570. The van der Waals surface area contributed by atoms with Crippen molar-refractivity contribution in [3.05, 3.63) is 0 Å². The van der Waals surface area contributed by atoms with E-state index in [1.54, 1.807) is 7.05 Å². The zero-order valence-electron chi connectivity index (χ0n) is 12.5. The summed E-state index contributed by atoms with van der Waals surface area (Å²) in [5.41, 5.74) is 0.441. The van der Waals surface area contributed by atoms with E-state index in [2.05, 4.69) is 31.4 Å². The molecule has 0 aromatic heterocycles. The Morgan fingerprint density at radius 1 is 1.17 bits per heavy atom. The molecule has 0 aliphatic heterocycles. The average Bonchev–Trinajstić information content (AvgIpc) is 2.53. The van der Waals surface area contributed by atoms with Crippen LogP contribution in [-0.4, -0.2) is 25.5 Å². The first kappa shape index (κ1) is 15.5. The third kappa shape index (κ3) is 5.38. The van der Waals surface area contributed by atoms with E-state index in [9.17, 15) is 4.79 Å². The summed E-state index contributed by atoms with van der Waals surface area (Å²) in [7, 11) is 1.70. The van der Waals surface area contributed by atoms with Crippen molar-refractivity contribution >= 4 is 5.91 Å². The third-order valence-electron chi connectivity index (χ3n) is 4.26.